The molecule has 2 atom stereocenters. The second kappa shape index (κ2) is 5.32. The van der Waals surface area contributed by atoms with Crippen molar-refractivity contribution in [1.29, 1.82) is 0 Å². The highest BCUT2D eigenvalue weighted by atomic mass is 79.9. The van der Waals surface area contributed by atoms with E-state index in [-0.39, 0.29) is 5.28 Å². The highest BCUT2D eigenvalue weighted by Gasteiger charge is 2.21. The lowest BCUT2D eigenvalue weighted by molar-refractivity contribution is 0.536. The Morgan fingerprint density at radius 3 is 3.06 bits per heavy atom. The number of nitrogens with zero attached hydrogens (tertiary/aromatic N) is 2. The lowest BCUT2D eigenvalue weighted by Crippen LogP contribution is -2.13. The number of halogens is 2. The number of aromatic nitrogens is 2. The van der Waals surface area contributed by atoms with Crippen LogP contribution in [0, 0.1) is 11.8 Å². The Labute approximate surface area is 109 Å². The van der Waals surface area contributed by atoms with Gasteiger partial charge in [0.2, 0.25) is 5.28 Å². The van der Waals surface area contributed by atoms with Gasteiger partial charge in [-0.1, -0.05) is 13.3 Å². The molecule has 1 heterocycles. The van der Waals surface area contributed by atoms with Crippen molar-refractivity contribution >= 4 is 33.3 Å². The van der Waals surface area contributed by atoms with Gasteiger partial charge in [0.25, 0.3) is 0 Å². The van der Waals surface area contributed by atoms with E-state index in [0.717, 1.165) is 28.7 Å². The van der Waals surface area contributed by atoms with Crippen LogP contribution in [-0.2, 0) is 0 Å². The topological polar surface area (TPSA) is 37.8 Å². The van der Waals surface area contributed by atoms with Crippen LogP contribution in [-0.4, -0.2) is 16.5 Å². The van der Waals surface area contributed by atoms with Crippen LogP contribution in [0.1, 0.15) is 26.2 Å². The Morgan fingerprint density at radius 1 is 1.56 bits per heavy atom. The summed E-state index contributed by atoms with van der Waals surface area (Å²) in [6.07, 6.45) is 5.64. The molecule has 1 N–H and O–H groups in total. The van der Waals surface area contributed by atoms with Crippen LogP contribution in [0.3, 0.4) is 0 Å². The number of hydrogen-bond acceptors (Lipinski definition) is 3. The quantitative estimate of drug-likeness (QED) is 0.864. The van der Waals surface area contributed by atoms with Crippen molar-refractivity contribution < 1.29 is 0 Å². The summed E-state index contributed by atoms with van der Waals surface area (Å²) in [7, 11) is 0. The van der Waals surface area contributed by atoms with Gasteiger partial charge in [-0.25, -0.2) is 4.98 Å². The van der Waals surface area contributed by atoms with Crippen LogP contribution in [0.5, 0.6) is 0 Å². The van der Waals surface area contributed by atoms with Gasteiger partial charge in [0.1, 0.15) is 5.82 Å². The zero-order valence-corrected chi connectivity index (χ0v) is 11.6. The molecule has 1 aliphatic carbocycles. The van der Waals surface area contributed by atoms with E-state index in [0.29, 0.717) is 0 Å². The maximum atomic E-state index is 5.75. The van der Waals surface area contributed by atoms with Gasteiger partial charge in [-0.2, -0.15) is 4.98 Å². The Bertz CT molecular complexity index is 372. The summed E-state index contributed by atoms with van der Waals surface area (Å²) in [6, 6.07) is 0. The maximum absolute atomic E-state index is 5.75. The van der Waals surface area contributed by atoms with Crippen LogP contribution in [0.2, 0.25) is 5.28 Å². The number of rotatable bonds is 3. The molecule has 2 rings (SSSR count). The summed E-state index contributed by atoms with van der Waals surface area (Å²) in [5, 5.41) is 3.62. The zero-order chi connectivity index (χ0) is 11.5. The molecule has 88 valence electrons. The third-order valence-corrected chi connectivity index (χ3v) is 3.84. The summed E-state index contributed by atoms with van der Waals surface area (Å²) < 4.78 is 0.864. The molecule has 2 unspecified atom stereocenters. The fraction of sp³-hybridized carbons (Fsp3) is 0.636. The first-order valence-corrected chi connectivity index (χ1v) is 6.74. The molecule has 0 radical (unpaired) electrons. The second-order valence-corrected chi connectivity index (χ2v) is 5.69. The summed E-state index contributed by atoms with van der Waals surface area (Å²) in [6.45, 7) is 3.29. The minimum atomic E-state index is 0.283. The first-order valence-electron chi connectivity index (χ1n) is 5.57. The van der Waals surface area contributed by atoms with Crippen molar-refractivity contribution in [2.45, 2.75) is 26.2 Å². The maximum Gasteiger partial charge on any atom is 0.224 e. The van der Waals surface area contributed by atoms with Crippen LogP contribution in [0.4, 0.5) is 5.82 Å². The molecule has 1 fully saturated rings. The third kappa shape index (κ3) is 3.08. The molecule has 5 heteroatoms. The number of nitrogens with one attached hydrogen (secondary N) is 1. The highest BCUT2D eigenvalue weighted by Crippen LogP contribution is 2.30. The van der Waals surface area contributed by atoms with Crippen LogP contribution in [0.25, 0.3) is 0 Å². The molecule has 1 saturated carbocycles. The van der Waals surface area contributed by atoms with E-state index in [1.165, 1.54) is 19.3 Å². The van der Waals surface area contributed by atoms with Crippen molar-refractivity contribution in [3.63, 3.8) is 0 Å². The summed E-state index contributed by atoms with van der Waals surface area (Å²) in [5.41, 5.74) is 0. The van der Waals surface area contributed by atoms with Gasteiger partial charge in [0.15, 0.2) is 0 Å². The predicted octanol–water partition coefficient (Wildman–Crippen LogP) is 3.74. The summed E-state index contributed by atoms with van der Waals surface area (Å²) in [5.74, 6) is 2.42. The third-order valence-electron chi connectivity index (χ3n) is 3.08. The van der Waals surface area contributed by atoms with Crippen molar-refractivity contribution in [2.24, 2.45) is 11.8 Å². The predicted molar refractivity (Wildman–Crippen MR) is 69.7 cm³/mol. The fourth-order valence-corrected chi connectivity index (χ4v) is 2.69. The largest absolute Gasteiger partial charge is 0.369 e. The van der Waals surface area contributed by atoms with Gasteiger partial charge < -0.3 is 5.32 Å². The molecule has 1 aromatic rings. The minimum Gasteiger partial charge on any atom is -0.369 e. The average Bonchev–Trinajstić information content (AvgIpc) is 2.66. The van der Waals surface area contributed by atoms with Gasteiger partial charge >= 0.3 is 0 Å². The van der Waals surface area contributed by atoms with E-state index in [9.17, 15) is 0 Å². The Hall–Kier alpha value is -0.350. The van der Waals surface area contributed by atoms with Gasteiger partial charge in [-0.05, 0) is 52.2 Å². The lowest BCUT2D eigenvalue weighted by atomic mass is 10.1. The zero-order valence-electron chi connectivity index (χ0n) is 9.21. The normalized spacial score (nSPS) is 24.7. The smallest absolute Gasteiger partial charge is 0.224 e. The highest BCUT2D eigenvalue weighted by molar-refractivity contribution is 9.10. The first kappa shape index (κ1) is 12.1. The Kier molecular flexibility index (Phi) is 4.03. The van der Waals surface area contributed by atoms with E-state index in [4.69, 9.17) is 11.6 Å². The van der Waals surface area contributed by atoms with E-state index < -0.39 is 0 Å². The van der Waals surface area contributed by atoms with Crippen LogP contribution in [0.15, 0.2) is 10.7 Å². The molecule has 0 aromatic carbocycles. The molecule has 0 saturated heterocycles. The Balaban J connectivity index is 1.91. The van der Waals surface area contributed by atoms with E-state index in [1.54, 1.807) is 6.20 Å². The first-order chi connectivity index (χ1) is 7.65. The summed E-state index contributed by atoms with van der Waals surface area (Å²) >= 11 is 9.16. The van der Waals surface area contributed by atoms with Gasteiger partial charge in [-0.3, -0.25) is 0 Å². The summed E-state index contributed by atoms with van der Waals surface area (Å²) in [4.78, 5) is 8.05. The SMILES string of the molecule is CC1CCC(CNc2nc(Cl)ncc2Br)C1. The average molecular weight is 305 g/mol. The molecule has 0 bridgehead atoms. The standard InChI is InChI=1S/C11H15BrClN3/c1-7-2-3-8(4-7)5-14-10-9(12)6-15-11(13)16-10/h6-8H,2-5H2,1H3,(H,14,15,16). The van der Waals surface area contributed by atoms with Crippen molar-refractivity contribution in [1.82, 2.24) is 9.97 Å². The number of hydrogen-bond donors (Lipinski definition) is 1. The monoisotopic (exact) mass is 303 g/mol. The molecule has 16 heavy (non-hydrogen) atoms. The molecule has 1 aromatic heterocycles. The Morgan fingerprint density at radius 2 is 2.38 bits per heavy atom. The van der Waals surface area contributed by atoms with Crippen LogP contribution < -0.4 is 5.32 Å². The van der Waals surface area contributed by atoms with Gasteiger partial charge in [-0.15, -0.1) is 0 Å². The van der Waals surface area contributed by atoms with E-state index >= 15 is 0 Å². The molecular weight excluding hydrogens is 289 g/mol. The van der Waals surface area contributed by atoms with E-state index in [1.807, 2.05) is 0 Å². The minimum absolute atomic E-state index is 0.283. The molecule has 0 aliphatic heterocycles. The molecule has 3 nitrogen and oxygen atoms in total. The van der Waals surface area contributed by atoms with Crippen molar-refractivity contribution in [3.05, 3.63) is 16.0 Å². The molecule has 0 amide bonds. The molecule has 1 aliphatic rings. The lowest BCUT2D eigenvalue weighted by Gasteiger charge is -2.12. The fourth-order valence-electron chi connectivity index (χ4n) is 2.22. The van der Waals surface area contributed by atoms with Gasteiger partial charge in [0, 0.05) is 12.7 Å². The van der Waals surface area contributed by atoms with E-state index in [2.05, 4.69) is 38.1 Å². The van der Waals surface area contributed by atoms with Crippen molar-refractivity contribution in [3.8, 4) is 0 Å². The van der Waals surface area contributed by atoms with Crippen molar-refractivity contribution in [2.75, 3.05) is 11.9 Å². The van der Waals surface area contributed by atoms with Crippen LogP contribution >= 0.6 is 27.5 Å². The molecule has 0 spiro atoms. The van der Waals surface area contributed by atoms with Gasteiger partial charge in [0.05, 0.1) is 4.47 Å². The molecular formula is C11H15BrClN3. The second-order valence-electron chi connectivity index (χ2n) is 4.50. The number of anilines is 1.